The molecule has 6 nitrogen and oxygen atoms in total. The molecule has 3 fully saturated rings. The standard InChI is InChI=1S/C20H24N2O4/c1-3-13-12-22(25)9-7-14(13)10-19(22)20(23)16-6-8-21(24)18-5-4-15(26-2)11-17(16)18/h3-6,8,11,13-14,19-20,23H,1,7,9-10,12H2,2H3/t13-,14-,19-,20+,22-/m0/s1. The third-order valence-electron chi connectivity index (χ3n) is 6.28. The van der Waals surface area contributed by atoms with Gasteiger partial charge in [0.05, 0.1) is 25.6 Å². The molecule has 0 amide bonds. The van der Waals surface area contributed by atoms with Crippen LogP contribution in [0.5, 0.6) is 5.75 Å². The van der Waals surface area contributed by atoms with Gasteiger partial charge in [0, 0.05) is 36.5 Å². The van der Waals surface area contributed by atoms with Crippen molar-refractivity contribution in [3.05, 3.63) is 59.1 Å². The molecular weight excluding hydrogens is 332 g/mol. The minimum Gasteiger partial charge on any atom is -0.632 e. The van der Waals surface area contributed by atoms with Gasteiger partial charge in [0.25, 0.3) is 0 Å². The van der Waals surface area contributed by atoms with Gasteiger partial charge in [-0.25, -0.2) is 0 Å². The second kappa shape index (κ2) is 6.23. The first-order valence-electron chi connectivity index (χ1n) is 9.05. The number of fused-ring (bicyclic) bond motifs is 4. The topological polar surface area (TPSA) is 79.5 Å². The van der Waals surface area contributed by atoms with E-state index in [4.69, 9.17) is 4.74 Å². The summed E-state index contributed by atoms with van der Waals surface area (Å²) in [5.41, 5.74) is 1.08. The normalized spacial score (nSPS) is 31.7. The molecule has 1 N–H and O–H groups in total. The van der Waals surface area contributed by atoms with E-state index in [0.717, 1.165) is 11.2 Å². The fourth-order valence-corrected chi connectivity index (χ4v) is 4.79. The number of hydrogen-bond donors (Lipinski definition) is 1. The number of aliphatic hydroxyl groups excluding tert-OH is 1. The molecule has 1 aromatic carbocycles. The fraction of sp³-hybridized carbons (Fsp3) is 0.450. The zero-order valence-corrected chi connectivity index (χ0v) is 14.9. The number of hydroxylamine groups is 3. The van der Waals surface area contributed by atoms with Crippen molar-refractivity contribution in [1.82, 2.24) is 0 Å². The number of rotatable bonds is 4. The maximum Gasteiger partial charge on any atom is 0.224 e. The van der Waals surface area contributed by atoms with E-state index < -0.39 is 12.1 Å². The van der Waals surface area contributed by atoms with Crippen LogP contribution in [-0.2, 0) is 0 Å². The third kappa shape index (κ3) is 2.57. The molecular formula is C20H24N2O4. The molecule has 0 unspecified atom stereocenters. The smallest absolute Gasteiger partial charge is 0.224 e. The van der Waals surface area contributed by atoms with Gasteiger partial charge >= 0.3 is 0 Å². The summed E-state index contributed by atoms with van der Waals surface area (Å²) in [6, 6.07) is 6.36. The highest BCUT2D eigenvalue weighted by Gasteiger charge is 2.49. The first-order chi connectivity index (χ1) is 12.5. The van der Waals surface area contributed by atoms with Gasteiger partial charge in [-0.3, -0.25) is 0 Å². The minimum absolute atomic E-state index is 0.223. The Bertz CT molecular complexity index is 855. The van der Waals surface area contributed by atoms with E-state index in [9.17, 15) is 15.5 Å². The van der Waals surface area contributed by atoms with Crippen molar-refractivity contribution in [1.29, 1.82) is 0 Å². The van der Waals surface area contributed by atoms with Crippen LogP contribution in [0, 0.1) is 22.3 Å². The molecule has 4 heterocycles. The Labute approximate surface area is 152 Å². The second-order valence-corrected chi connectivity index (χ2v) is 7.53. The largest absolute Gasteiger partial charge is 0.632 e. The van der Waals surface area contributed by atoms with Crippen LogP contribution in [0.4, 0.5) is 0 Å². The van der Waals surface area contributed by atoms with E-state index in [0.29, 0.717) is 47.6 Å². The third-order valence-corrected chi connectivity index (χ3v) is 6.28. The van der Waals surface area contributed by atoms with Gasteiger partial charge < -0.3 is 24.9 Å². The summed E-state index contributed by atoms with van der Waals surface area (Å²) < 4.78 is 5.66. The molecule has 5 atom stereocenters. The van der Waals surface area contributed by atoms with Gasteiger partial charge in [0.2, 0.25) is 5.52 Å². The average molecular weight is 356 g/mol. The highest BCUT2D eigenvalue weighted by Crippen LogP contribution is 2.46. The predicted octanol–water partition coefficient (Wildman–Crippen LogP) is 2.42. The van der Waals surface area contributed by atoms with Gasteiger partial charge in [0.1, 0.15) is 17.9 Å². The number of hydrogen-bond acceptors (Lipinski definition) is 4. The molecule has 5 rings (SSSR count). The van der Waals surface area contributed by atoms with Crippen LogP contribution in [0.2, 0.25) is 0 Å². The summed E-state index contributed by atoms with van der Waals surface area (Å²) >= 11 is 0. The summed E-state index contributed by atoms with van der Waals surface area (Å²) in [6.45, 7) is 4.88. The number of methoxy groups -OCH3 is 1. The lowest BCUT2D eigenvalue weighted by atomic mass is 9.73. The van der Waals surface area contributed by atoms with Crippen LogP contribution < -0.4 is 9.47 Å². The summed E-state index contributed by atoms with van der Waals surface area (Å²) in [5, 5.41) is 37.3. The fourth-order valence-electron chi connectivity index (χ4n) is 4.79. The predicted molar refractivity (Wildman–Crippen MR) is 98.0 cm³/mol. The maximum atomic E-state index is 13.4. The van der Waals surface area contributed by atoms with Crippen molar-refractivity contribution in [2.24, 2.45) is 11.8 Å². The van der Waals surface area contributed by atoms with Crippen LogP contribution in [0.25, 0.3) is 10.9 Å². The lowest BCUT2D eigenvalue weighted by Gasteiger charge is -2.60. The van der Waals surface area contributed by atoms with Gasteiger partial charge in [-0.05, 0) is 18.1 Å². The van der Waals surface area contributed by atoms with E-state index in [2.05, 4.69) is 6.58 Å². The Hall–Kier alpha value is -2.15. The van der Waals surface area contributed by atoms with Crippen molar-refractivity contribution in [3.63, 3.8) is 0 Å². The van der Waals surface area contributed by atoms with E-state index in [1.807, 2.05) is 6.08 Å². The minimum atomic E-state index is -0.920. The van der Waals surface area contributed by atoms with Gasteiger partial charge in [0.15, 0.2) is 6.20 Å². The molecule has 0 radical (unpaired) electrons. The Morgan fingerprint density at radius 3 is 2.92 bits per heavy atom. The number of quaternary nitrogens is 1. The molecule has 0 saturated carbocycles. The molecule has 3 aliphatic heterocycles. The van der Waals surface area contributed by atoms with Crippen LogP contribution in [0.1, 0.15) is 24.5 Å². The number of aromatic nitrogens is 1. The highest BCUT2D eigenvalue weighted by atomic mass is 16.6. The summed E-state index contributed by atoms with van der Waals surface area (Å²) in [6.07, 6.45) is 3.93. The van der Waals surface area contributed by atoms with Crippen LogP contribution in [-0.4, -0.2) is 36.0 Å². The van der Waals surface area contributed by atoms with E-state index in [1.165, 1.54) is 6.20 Å². The molecule has 3 saturated heterocycles. The molecule has 2 bridgehead atoms. The quantitative estimate of drug-likeness (QED) is 0.395. The molecule has 6 heteroatoms. The van der Waals surface area contributed by atoms with Gasteiger partial charge in [-0.2, -0.15) is 4.73 Å². The molecule has 0 aliphatic carbocycles. The molecule has 3 aliphatic rings. The van der Waals surface area contributed by atoms with Crippen LogP contribution >= 0.6 is 0 Å². The molecule has 2 aromatic rings. The summed E-state index contributed by atoms with van der Waals surface area (Å²) in [4.78, 5) is 0. The lowest BCUT2D eigenvalue weighted by Crippen LogP contribution is -2.65. The number of ether oxygens (including phenoxy) is 1. The van der Waals surface area contributed by atoms with Crippen LogP contribution in [0.3, 0.4) is 0 Å². The average Bonchev–Trinajstić information content (AvgIpc) is 2.67. The molecule has 138 valence electrons. The van der Waals surface area contributed by atoms with Crippen molar-refractivity contribution in [2.75, 3.05) is 20.2 Å². The number of benzene rings is 1. The summed E-state index contributed by atoms with van der Waals surface area (Å²) in [5.74, 6) is 1.23. The monoisotopic (exact) mass is 356 g/mol. The van der Waals surface area contributed by atoms with Crippen molar-refractivity contribution in [3.8, 4) is 5.75 Å². The van der Waals surface area contributed by atoms with Crippen LogP contribution in [0.15, 0.2) is 43.1 Å². The number of nitrogens with zero attached hydrogens (tertiary/aromatic N) is 2. The highest BCUT2D eigenvalue weighted by molar-refractivity contribution is 5.81. The number of aliphatic hydroxyl groups is 1. The SMILES string of the molecule is C=C[C@H]1C[N@@+]2([O-])CC[C@H]1C[C@H]2[C@H](O)c1cc[n+]([O-])c2ccc(OC)cc12. The number of piperidine rings is 3. The first-order valence-corrected chi connectivity index (χ1v) is 9.05. The van der Waals surface area contributed by atoms with Crippen molar-refractivity contribution in [2.45, 2.75) is 25.0 Å². The van der Waals surface area contributed by atoms with Gasteiger partial charge in [-0.15, -0.1) is 6.58 Å². The Morgan fingerprint density at radius 1 is 1.42 bits per heavy atom. The lowest BCUT2D eigenvalue weighted by molar-refractivity contribution is -0.929. The van der Waals surface area contributed by atoms with E-state index >= 15 is 0 Å². The zero-order chi connectivity index (χ0) is 18.5. The Balaban J connectivity index is 1.76. The summed E-state index contributed by atoms with van der Waals surface area (Å²) in [7, 11) is 1.56. The van der Waals surface area contributed by atoms with E-state index in [1.54, 1.807) is 31.4 Å². The maximum absolute atomic E-state index is 13.4. The van der Waals surface area contributed by atoms with E-state index in [-0.39, 0.29) is 10.6 Å². The first kappa shape index (κ1) is 17.3. The molecule has 26 heavy (non-hydrogen) atoms. The molecule has 0 spiro atoms. The van der Waals surface area contributed by atoms with Crippen molar-refractivity contribution < 1.29 is 19.2 Å². The Kier molecular flexibility index (Phi) is 4.14. The van der Waals surface area contributed by atoms with Gasteiger partial charge in [-0.1, -0.05) is 6.08 Å². The van der Waals surface area contributed by atoms with Crippen molar-refractivity contribution >= 4 is 10.9 Å². The second-order valence-electron chi connectivity index (χ2n) is 7.53. The number of pyridine rings is 1. The Morgan fingerprint density at radius 2 is 2.23 bits per heavy atom. The molecule has 1 aromatic heterocycles. The zero-order valence-electron chi connectivity index (χ0n) is 14.9.